The number of anilines is 1. The van der Waals surface area contributed by atoms with Crippen LogP contribution in [0.3, 0.4) is 0 Å². The summed E-state index contributed by atoms with van der Waals surface area (Å²) in [5.74, 6) is -1.10. The highest BCUT2D eigenvalue weighted by Crippen LogP contribution is 2.25. The SMILES string of the molecule is CCCCNC(=O)[C@H](C)N(Cc1ccccc1F)C(=O)CCCN(c1cccc(C)c1C)S(C)(=O)=O. The van der Waals surface area contributed by atoms with Crippen molar-refractivity contribution in [3.8, 4) is 0 Å². The summed E-state index contributed by atoms with van der Waals surface area (Å²) in [6.45, 7) is 7.97. The van der Waals surface area contributed by atoms with Crippen LogP contribution in [0.5, 0.6) is 0 Å². The first kappa shape index (κ1) is 29.3. The molecule has 36 heavy (non-hydrogen) atoms. The van der Waals surface area contributed by atoms with E-state index >= 15 is 0 Å². The highest BCUT2D eigenvalue weighted by molar-refractivity contribution is 7.92. The summed E-state index contributed by atoms with van der Waals surface area (Å²) in [4.78, 5) is 27.4. The van der Waals surface area contributed by atoms with Crippen LogP contribution in [0.1, 0.15) is 56.2 Å². The van der Waals surface area contributed by atoms with Crippen molar-refractivity contribution in [2.45, 2.75) is 66.0 Å². The smallest absolute Gasteiger partial charge is 0.242 e. The fourth-order valence-corrected chi connectivity index (χ4v) is 4.93. The maximum atomic E-state index is 14.4. The Labute approximate surface area is 214 Å². The molecule has 0 heterocycles. The molecular formula is C27H38FN3O4S. The topological polar surface area (TPSA) is 86.8 Å². The molecule has 7 nitrogen and oxygen atoms in total. The van der Waals surface area contributed by atoms with Gasteiger partial charge in [-0.05, 0) is 56.9 Å². The Bertz CT molecular complexity index is 1150. The van der Waals surface area contributed by atoms with Crippen LogP contribution in [-0.4, -0.2) is 50.5 Å². The summed E-state index contributed by atoms with van der Waals surface area (Å²) >= 11 is 0. The summed E-state index contributed by atoms with van der Waals surface area (Å²) in [5.41, 5.74) is 2.72. The number of sulfonamides is 1. The van der Waals surface area contributed by atoms with Crippen molar-refractivity contribution < 1.29 is 22.4 Å². The third-order valence-electron chi connectivity index (χ3n) is 6.29. The van der Waals surface area contributed by atoms with Gasteiger partial charge in [-0.1, -0.05) is 43.7 Å². The summed E-state index contributed by atoms with van der Waals surface area (Å²) in [6, 6.07) is 10.8. The largest absolute Gasteiger partial charge is 0.354 e. The molecule has 0 aliphatic heterocycles. The van der Waals surface area contributed by atoms with Crippen molar-refractivity contribution in [2.75, 3.05) is 23.7 Å². The number of carbonyl (C=O) groups is 2. The van der Waals surface area contributed by atoms with Crippen molar-refractivity contribution in [3.05, 3.63) is 65.0 Å². The molecule has 0 spiro atoms. The van der Waals surface area contributed by atoms with Crippen molar-refractivity contribution in [1.29, 1.82) is 0 Å². The monoisotopic (exact) mass is 519 g/mol. The predicted molar refractivity (Wildman–Crippen MR) is 142 cm³/mol. The van der Waals surface area contributed by atoms with Crippen LogP contribution in [-0.2, 0) is 26.2 Å². The van der Waals surface area contributed by atoms with Gasteiger partial charge in [-0.15, -0.1) is 0 Å². The predicted octanol–water partition coefficient (Wildman–Crippen LogP) is 4.32. The van der Waals surface area contributed by atoms with Crippen LogP contribution in [0.15, 0.2) is 42.5 Å². The van der Waals surface area contributed by atoms with Gasteiger partial charge in [-0.3, -0.25) is 13.9 Å². The van der Waals surface area contributed by atoms with E-state index in [0.29, 0.717) is 17.8 Å². The molecule has 0 unspecified atom stereocenters. The van der Waals surface area contributed by atoms with Crippen LogP contribution >= 0.6 is 0 Å². The zero-order chi connectivity index (χ0) is 26.9. The highest BCUT2D eigenvalue weighted by Gasteiger charge is 2.27. The van der Waals surface area contributed by atoms with Gasteiger partial charge in [-0.2, -0.15) is 0 Å². The zero-order valence-corrected chi connectivity index (χ0v) is 22.7. The van der Waals surface area contributed by atoms with Gasteiger partial charge in [0.15, 0.2) is 0 Å². The van der Waals surface area contributed by atoms with E-state index in [-0.39, 0.29) is 37.7 Å². The Balaban J connectivity index is 2.19. The molecule has 1 atom stereocenters. The lowest BCUT2D eigenvalue weighted by Crippen LogP contribution is -2.48. The Morgan fingerprint density at radius 1 is 1.06 bits per heavy atom. The molecule has 0 bridgehead atoms. The number of halogens is 1. The van der Waals surface area contributed by atoms with Gasteiger partial charge in [0.25, 0.3) is 0 Å². The summed E-state index contributed by atoms with van der Waals surface area (Å²) in [7, 11) is -3.58. The quantitative estimate of drug-likeness (QED) is 0.399. The van der Waals surface area contributed by atoms with Gasteiger partial charge in [0.2, 0.25) is 21.8 Å². The van der Waals surface area contributed by atoms with Crippen molar-refractivity contribution >= 4 is 27.5 Å². The molecule has 0 saturated carbocycles. The summed E-state index contributed by atoms with van der Waals surface area (Å²) < 4.78 is 40.8. The Morgan fingerprint density at radius 3 is 2.39 bits per heavy atom. The summed E-state index contributed by atoms with van der Waals surface area (Å²) in [5, 5.41) is 2.83. The zero-order valence-electron chi connectivity index (χ0n) is 21.9. The fourth-order valence-electron chi connectivity index (χ4n) is 3.92. The number of rotatable bonds is 13. The minimum Gasteiger partial charge on any atom is -0.354 e. The number of nitrogens with zero attached hydrogens (tertiary/aromatic N) is 2. The average Bonchev–Trinajstić information content (AvgIpc) is 2.82. The minimum absolute atomic E-state index is 0.0118. The lowest BCUT2D eigenvalue weighted by molar-refractivity contribution is -0.140. The molecule has 0 fully saturated rings. The number of hydrogen-bond acceptors (Lipinski definition) is 4. The molecule has 0 saturated heterocycles. The van der Waals surface area contributed by atoms with Crippen molar-refractivity contribution in [1.82, 2.24) is 10.2 Å². The maximum Gasteiger partial charge on any atom is 0.242 e. The minimum atomic E-state index is -3.58. The number of benzene rings is 2. The third kappa shape index (κ3) is 8.05. The van der Waals surface area contributed by atoms with Gasteiger partial charge < -0.3 is 10.2 Å². The first-order chi connectivity index (χ1) is 17.0. The van der Waals surface area contributed by atoms with E-state index in [4.69, 9.17) is 0 Å². The van der Waals surface area contributed by atoms with E-state index < -0.39 is 21.9 Å². The Hall–Kier alpha value is -2.94. The molecular weight excluding hydrogens is 481 g/mol. The second-order valence-electron chi connectivity index (χ2n) is 9.09. The average molecular weight is 520 g/mol. The lowest BCUT2D eigenvalue weighted by atomic mass is 10.1. The van der Waals surface area contributed by atoms with E-state index in [0.717, 1.165) is 30.2 Å². The fraction of sp³-hybridized carbons (Fsp3) is 0.481. The van der Waals surface area contributed by atoms with E-state index in [1.807, 2.05) is 26.8 Å². The Morgan fingerprint density at radius 2 is 1.75 bits per heavy atom. The molecule has 9 heteroatoms. The van der Waals surface area contributed by atoms with Crippen LogP contribution in [0.2, 0.25) is 0 Å². The maximum absolute atomic E-state index is 14.4. The molecule has 2 amide bonds. The number of amides is 2. The van der Waals surface area contributed by atoms with Gasteiger partial charge >= 0.3 is 0 Å². The number of carbonyl (C=O) groups excluding carboxylic acids is 2. The third-order valence-corrected chi connectivity index (χ3v) is 7.47. The van der Waals surface area contributed by atoms with E-state index in [9.17, 15) is 22.4 Å². The first-order valence-electron chi connectivity index (χ1n) is 12.3. The number of aryl methyl sites for hydroxylation is 1. The lowest BCUT2D eigenvalue weighted by Gasteiger charge is -2.30. The number of unbranched alkanes of at least 4 members (excludes halogenated alkanes) is 1. The van der Waals surface area contributed by atoms with E-state index in [1.54, 1.807) is 37.3 Å². The summed E-state index contributed by atoms with van der Waals surface area (Å²) in [6.07, 6.45) is 3.14. The van der Waals surface area contributed by atoms with Gasteiger partial charge in [0.1, 0.15) is 11.9 Å². The van der Waals surface area contributed by atoms with Crippen molar-refractivity contribution in [2.24, 2.45) is 0 Å². The van der Waals surface area contributed by atoms with Gasteiger partial charge in [0.05, 0.1) is 11.9 Å². The van der Waals surface area contributed by atoms with Gasteiger partial charge in [0, 0.05) is 31.6 Å². The standard InChI is InChI=1S/C27H38FN3O4S/c1-6-7-17-29-27(33)22(4)30(19-23-13-8-9-14-24(23)28)26(32)16-11-18-31(36(5,34)35)25-15-10-12-20(2)21(25)3/h8-10,12-15,22H,6-7,11,16-19H2,1-5H3,(H,29,33)/t22-/m0/s1. The van der Waals surface area contributed by atoms with Crippen molar-refractivity contribution in [3.63, 3.8) is 0 Å². The van der Waals surface area contributed by atoms with Crippen LogP contribution < -0.4 is 9.62 Å². The van der Waals surface area contributed by atoms with Crippen LogP contribution in [0.25, 0.3) is 0 Å². The molecule has 2 aromatic carbocycles. The Kier molecular flexibility index (Phi) is 10.9. The number of hydrogen-bond donors (Lipinski definition) is 1. The molecule has 0 aliphatic rings. The van der Waals surface area contributed by atoms with Crippen LogP contribution in [0.4, 0.5) is 10.1 Å². The van der Waals surface area contributed by atoms with Gasteiger partial charge in [-0.25, -0.2) is 12.8 Å². The normalized spacial score (nSPS) is 12.2. The molecule has 0 aromatic heterocycles. The number of nitrogens with one attached hydrogen (secondary N) is 1. The first-order valence-corrected chi connectivity index (χ1v) is 14.2. The molecule has 198 valence electrons. The molecule has 0 radical (unpaired) electrons. The molecule has 2 aromatic rings. The van der Waals surface area contributed by atoms with E-state index in [1.165, 1.54) is 15.3 Å². The van der Waals surface area contributed by atoms with Crippen LogP contribution in [0, 0.1) is 19.7 Å². The van der Waals surface area contributed by atoms with E-state index in [2.05, 4.69) is 5.32 Å². The second-order valence-corrected chi connectivity index (χ2v) is 11.0. The second kappa shape index (κ2) is 13.4. The molecule has 1 N–H and O–H groups in total. The molecule has 2 rings (SSSR count). The molecule has 0 aliphatic carbocycles. The highest BCUT2D eigenvalue weighted by atomic mass is 32.2.